The molecule has 0 radical (unpaired) electrons. The lowest BCUT2D eigenvalue weighted by molar-refractivity contribution is -0.120. The van der Waals surface area contributed by atoms with Gasteiger partial charge in [0.05, 0.1) is 12.6 Å². The van der Waals surface area contributed by atoms with E-state index in [0.717, 1.165) is 32.6 Å². The molecule has 2 aromatic rings. The number of carbonyl (C=O) groups excluding carboxylic acids is 1. The van der Waals surface area contributed by atoms with Gasteiger partial charge in [-0.1, -0.05) is 5.16 Å². The van der Waals surface area contributed by atoms with Gasteiger partial charge in [-0.2, -0.15) is 4.98 Å². The van der Waals surface area contributed by atoms with Crippen molar-refractivity contribution in [2.75, 3.05) is 31.5 Å². The van der Waals surface area contributed by atoms with Crippen LogP contribution in [-0.4, -0.2) is 68.0 Å². The minimum Gasteiger partial charge on any atom is -0.340 e. The van der Waals surface area contributed by atoms with Gasteiger partial charge in [0.1, 0.15) is 0 Å². The van der Waals surface area contributed by atoms with Gasteiger partial charge in [0.15, 0.2) is 5.82 Å². The maximum atomic E-state index is 12.4. The van der Waals surface area contributed by atoms with Gasteiger partial charge in [-0.3, -0.25) is 19.9 Å². The molecule has 1 aliphatic rings. The summed E-state index contributed by atoms with van der Waals surface area (Å²) < 4.78 is 5.02. The van der Waals surface area contributed by atoms with Gasteiger partial charge in [-0.05, 0) is 26.0 Å². The molecule has 1 saturated heterocycles. The van der Waals surface area contributed by atoms with E-state index in [1.165, 1.54) is 0 Å². The number of carbonyl (C=O) groups is 1. The Balaban J connectivity index is 1.52. The maximum Gasteiger partial charge on any atom is 0.243 e. The van der Waals surface area contributed by atoms with E-state index in [1.807, 2.05) is 6.92 Å². The number of amides is 1. The third-order valence-corrected chi connectivity index (χ3v) is 4.29. The summed E-state index contributed by atoms with van der Waals surface area (Å²) in [4.78, 5) is 29.2. The number of nitrogens with zero attached hydrogens (tertiary/aromatic N) is 6. The minimum atomic E-state index is -0.240. The Labute approximate surface area is 146 Å². The topological polar surface area (TPSA) is 100 Å². The molecule has 1 amide bonds. The van der Waals surface area contributed by atoms with Crippen LogP contribution in [0, 0.1) is 6.92 Å². The van der Waals surface area contributed by atoms with Crippen molar-refractivity contribution in [3.8, 4) is 0 Å². The van der Waals surface area contributed by atoms with Crippen LogP contribution in [0.15, 0.2) is 23.0 Å². The molecule has 1 N–H and O–H groups in total. The van der Waals surface area contributed by atoms with E-state index in [-0.39, 0.29) is 11.9 Å². The number of aromatic nitrogens is 4. The lowest BCUT2D eigenvalue weighted by atomic mass is 10.2. The van der Waals surface area contributed by atoms with Crippen LogP contribution in [0.1, 0.15) is 25.1 Å². The molecule has 2 aromatic heterocycles. The van der Waals surface area contributed by atoms with Crippen molar-refractivity contribution >= 4 is 11.9 Å². The first-order valence-electron chi connectivity index (χ1n) is 8.45. The van der Waals surface area contributed by atoms with Crippen LogP contribution in [-0.2, 0) is 11.3 Å². The molecule has 1 atom stereocenters. The average Bonchev–Trinajstić information content (AvgIpc) is 2.88. The first-order valence-corrected chi connectivity index (χ1v) is 8.45. The summed E-state index contributed by atoms with van der Waals surface area (Å²) >= 11 is 0. The molecule has 0 aromatic carbocycles. The smallest absolute Gasteiger partial charge is 0.243 e. The van der Waals surface area contributed by atoms with Crippen LogP contribution in [0.3, 0.4) is 0 Å². The zero-order valence-corrected chi connectivity index (χ0v) is 14.6. The van der Waals surface area contributed by atoms with Crippen LogP contribution in [0.4, 0.5) is 5.95 Å². The molecule has 25 heavy (non-hydrogen) atoms. The van der Waals surface area contributed by atoms with E-state index in [4.69, 9.17) is 4.52 Å². The number of nitrogens with one attached hydrogen (secondary N) is 1. The molecule has 1 aliphatic heterocycles. The highest BCUT2D eigenvalue weighted by atomic mass is 16.5. The fourth-order valence-electron chi connectivity index (χ4n) is 2.89. The molecule has 9 nitrogen and oxygen atoms in total. The van der Waals surface area contributed by atoms with Gasteiger partial charge in [-0.25, -0.2) is 9.97 Å². The highest BCUT2D eigenvalue weighted by Gasteiger charge is 2.25. The Morgan fingerprint density at radius 3 is 2.80 bits per heavy atom. The average molecular weight is 345 g/mol. The zero-order valence-electron chi connectivity index (χ0n) is 14.6. The molecule has 1 fully saturated rings. The first kappa shape index (κ1) is 17.4. The molecule has 0 unspecified atom stereocenters. The van der Waals surface area contributed by atoms with Crippen LogP contribution in [0.5, 0.6) is 0 Å². The summed E-state index contributed by atoms with van der Waals surface area (Å²) in [6.45, 7) is 7.85. The van der Waals surface area contributed by atoms with Gasteiger partial charge in [0.2, 0.25) is 17.7 Å². The van der Waals surface area contributed by atoms with E-state index in [2.05, 4.69) is 35.2 Å². The van der Waals surface area contributed by atoms with E-state index in [1.54, 1.807) is 25.4 Å². The Hall–Kier alpha value is -2.39. The summed E-state index contributed by atoms with van der Waals surface area (Å²) in [5.74, 6) is 1.54. The fourth-order valence-corrected chi connectivity index (χ4v) is 2.89. The predicted molar refractivity (Wildman–Crippen MR) is 90.6 cm³/mol. The molecule has 134 valence electrons. The molecule has 9 heteroatoms. The maximum absolute atomic E-state index is 12.4. The monoisotopic (exact) mass is 345 g/mol. The molecular formula is C16H23N7O2. The molecule has 3 rings (SSSR count). The second kappa shape index (κ2) is 8.13. The summed E-state index contributed by atoms with van der Waals surface area (Å²) in [5.41, 5.74) is 0. The van der Waals surface area contributed by atoms with Crippen molar-refractivity contribution in [3.63, 3.8) is 0 Å². The second-order valence-electron chi connectivity index (χ2n) is 6.13. The first-order chi connectivity index (χ1) is 12.1. The van der Waals surface area contributed by atoms with Crippen LogP contribution in [0.2, 0.25) is 0 Å². The van der Waals surface area contributed by atoms with Gasteiger partial charge >= 0.3 is 0 Å². The zero-order chi connectivity index (χ0) is 17.6. The molecular weight excluding hydrogens is 322 g/mol. The second-order valence-corrected chi connectivity index (χ2v) is 6.13. The van der Waals surface area contributed by atoms with Gasteiger partial charge < -0.3 is 4.52 Å². The lowest BCUT2D eigenvalue weighted by Crippen LogP contribution is -2.44. The summed E-state index contributed by atoms with van der Waals surface area (Å²) in [7, 11) is 0. The van der Waals surface area contributed by atoms with Gasteiger partial charge in [0.25, 0.3) is 0 Å². The summed E-state index contributed by atoms with van der Waals surface area (Å²) in [6.07, 6.45) is 4.20. The Bertz CT molecular complexity index is 691. The molecule has 0 saturated carbocycles. The molecule has 0 spiro atoms. The quantitative estimate of drug-likeness (QED) is 0.845. The molecule has 0 bridgehead atoms. The number of hydrogen-bond donors (Lipinski definition) is 1. The Morgan fingerprint density at radius 1 is 1.28 bits per heavy atom. The van der Waals surface area contributed by atoms with E-state index in [0.29, 0.717) is 24.2 Å². The largest absolute Gasteiger partial charge is 0.340 e. The number of anilines is 1. The molecule has 0 aliphatic carbocycles. The summed E-state index contributed by atoms with van der Waals surface area (Å²) in [5, 5.41) is 6.71. The molecule has 3 heterocycles. The predicted octanol–water partition coefficient (Wildman–Crippen LogP) is 0.703. The Morgan fingerprint density at radius 2 is 2.08 bits per heavy atom. The normalized spacial score (nSPS) is 17.8. The van der Waals surface area contributed by atoms with E-state index in [9.17, 15) is 4.79 Å². The van der Waals surface area contributed by atoms with Crippen molar-refractivity contribution in [1.82, 2.24) is 29.9 Å². The van der Waals surface area contributed by atoms with Gasteiger partial charge in [0, 0.05) is 39.0 Å². The fraction of sp³-hybridized carbons (Fsp3) is 0.562. The Kier molecular flexibility index (Phi) is 5.67. The highest BCUT2D eigenvalue weighted by Crippen LogP contribution is 2.11. The summed E-state index contributed by atoms with van der Waals surface area (Å²) in [6, 6.07) is 1.48. The van der Waals surface area contributed by atoms with Crippen molar-refractivity contribution < 1.29 is 9.32 Å². The standard InChI is InChI=1S/C16H23N7O2/c1-12(15(24)20-16-17-5-3-6-18-16)23-8-4-7-22(9-10-23)11-14-19-13(2)25-21-14/h3,5-6,12H,4,7-11H2,1-2H3,(H,17,18,20,24)/t12-/m1/s1. The third-order valence-electron chi connectivity index (χ3n) is 4.29. The van der Waals surface area contributed by atoms with E-state index < -0.39 is 0 Å². The van der Waals surface area contributed by atoms with Gasteiger partial charge in [-0.15, -0.1) is 0 Å². The van der Waals surface area contributed by atoms with Crippen LogP contribution in [0.25, 0.3) is 0 Å². The number of rotatable bonds is 5. The SMILES string of the molecule is Cc1nc(CN2CCCN([C@H](C)C(=O)Nc3ncccn3)CC2)no1. The van der Waals surface area contributed by atoms with Crippen LogP contribution < -0.4 is 5.32 Å². The van der Waals surface area contributed by atoms with E-state index >= 15 is 0 Å². The number of hydrogen-bond acceptors (Lipinski definition) is 8. The number of aryl methyl sites for hydroxylation is 1. The van der Waals surface area contributed by atoms with Crippen molar-refractivity contribution in [1.29, 1.82) is 0 Å². The van der Waals surface area contributed by atoms with Crippen molar-refractivity contribution in [2.24, 2.45) is 0 Å². The minimum absolute atomic E-state index is 0.0894. The van der Waals surface area contributed by atoms with Crippen molar-refractivity contribution in [2.45, 2.75) is 32.9 Å². The highest BCUT2D eigenvalue weighted by molar-refractivity contribution is 5.93. The van der Waals surface area contributed by atoms with Crippen LogP contribution >= 0.6 is 0 Å². The lowest BCUT2D eigenvalue weighted by Gasteiger charge is -2.26. The third kappa shape index (κ3) is 4.80. The van der Waals surface area contributed by atoms with Crippen molar-refractivity contribution in [3.05, 3.63) is 30.2 Å².